The molecule has 1 saturated heterocycles. The molecule has 5 nitrogen and oxygen atoms in total. The lowest BCUT2D eigenvalue weighted by Crippen LogP contribution is -2.49. The number of carbonyl (C=O) groups is 2. The fourth-order valence-corrected chi connectivity index (χ4v) is 3.15. The summed E-state index contributed by atoms with van der Waals surface area (Å²) in [5, 5.41) is 12.4. The van der Waals surface area contributed by atoms with E-state index in [1.807, 2.05) is 11.8 Å². The highest BCUT2D eigenvalue weighted by Gasteiger charge is 2.23. The van der Waals surface area contributed by atoms with Gasteiger partial charge in [0.2, 0.25) is 11.8 Å². The van der Waals surface area contributed by atoms with Crippen LogP contribution in [0.5, 0.6) is 5.75 Å². The molecule has 0 saturated carbocycles. The third kappa shape index (κ3) is 4.39. The number of hydrogen-bond acceptors (Lipinski definition) is 4. The van der Waals surface area contributed by atoms with Crippen LogP contribution in [0, 0.1) is 0 Å². The largest absolute Gasteiger partial charge is 0.508 e. The lowest BCUT2D eigenvalue weighted by Gasteiger charge is -2.29. The molecule has 1 aromatic rings. The van der Waals surface area contributed by atoms with Crippen LogP contribution in [-0.2, 0) is 16.0 Å². The zero-order valence-corrected chi connectivity index (χ0v) is 12.9. The van der Waals surface area contributed by atoms with E-state index in [2.05, 4.69) is 5.32 Å². The van der Waals surface area contributed by atoms with Crippen molar-refractivity contribution in [3.05, 3.63) is 29.8 Å². The Morgan fingerprint density at radius 3 is 2.67 bits per heavy atom. The Balaban J connectivity index is 1.87. The van der Waals surface area contributed by atoms with E-state index in [-0.39, 0.29) is 24.0 Å². The highest BCUT2D eigenvalue weighted by Crippen LogP contribution is 2.16. The van der Waals surface area contributed by atoms with Crippen LogP contribution in [0.2, 0.25) is 0 Å². The zero-order chi connectivity index (χ0) is 15.2. The minimum atomic E-state index is -0.536. The first-order valence-electron chi connectivity index (χ1n) is 7.00. The SMILES string of the molecule is C[C@@H](NC(=O)Cc1ccccc1O)C(=O)N1CCSCC1. The van der Waals surface area contributed by atoms with Crippen molar-refractivity contribution >= 4 is 23.6 Å². The highest BCUT2D eigenvalue weighted by molar-refractivity contribution is 7.99. The van der Waals surface area contributed by atoms with Crippen molar-refractivity contribution in [1.29, 1.82) is 0 Å². The lowest BCUT2D eigenvalue weighted by atomic mass is 10.1. The van der Waals surface area contributed by atoms with Crippen molar-refractivity contribution in [2.75, 3.05) is 24.6 Å². The molecule has 2 N–H and O–H groups in total. The molecule has 1 aliphatic rings. The number of nitrogens with one attached hydrogen (secondary N) is 1. The van der Waals surface area contributed by atoms with Gasteiger partial charge in [0.05, 0.1) is 6.42 Å². The van der Waals surface area contributed by atoms with Crippen molar-refractivity contribution in [2.24, 2.45) is 0 Å². The minimum absolute atomic E-state index is 0.0408. The van der Waals surface area contributed by atoms with Crippen molar-refractivity contribution in [2.45, 2.75) is 19.4 Å². The van der Waals surface area contributed by atoms with Gasteiger partial charge >= 0.3 is 0 Å². The van der Waals surface area contributed by atoms with E-state index < -0.39 is 6.04 Å². The van der Waals surface area contributed by atoms with Gasteiger partial charge in [0.25, 0.3) is 0 Å². The third-order valence-electron chi connectivity index (χ3n) is 3.41. The Bertz CT molecular complexity index is 515. The number of phenolic OH excluding ortho intramolecular Hbond substituents is 1. The monoisotopic (exact) mass is 308 g/mol. The molecule has 114 valence electrons. The van der Waals surface area contributed by atoms with Gasteiger partial charge in [0.15, 0.2) is 0 Å². The van der Waals surface area contributed by atoms with Crippen LogP contribution in [0.25, 0.3) is 0 Å². The Morgan fingerprint density at radius 2 is 2.00 bits per heavy atom. The number of aromatic hydroxyl groups is 1. The normalized spacial score (nSPS) is 16.3. The van der Waals surface area contributed by atoms with E-state index in [1.165, 1.54) is 0 Å². The van der Waals surface area contributed by atoms with Gasteiger partial charge in [-0.2, -0.15) is 11.8 Å². The first-order chi connectivity index (χ1) is 10.1. The molecule has 0 spiro atoms. The van der Waals surface area contributed by atoms with Gasteiger partial charge in [0, 0.05) is 30.2 Å². The van der Waals surface area contributed by atoms with Crippen molar-refractivity contribution in [3.63, 3.8) is 0 Å². The zero-order valence-electron chi connectivity index (χ0n) is 12.0. The van der Waals surface area contributed by atoms with E-state index in [0.29, 0.717) is 5.56 Å². The predicted molar refractivity (Wildman–Crippen MR) is 83.3 cm³/mol. The van der Waals surface area contributed by atoms with Crippen LogP contribution < -0.4 is 5.32 Å². The number of amides is 2. The molecule has 2 amide bonds. The van der Waals surface area contributed by atoms with Gasteiger partial charge in [-0.15, -0.1) is 0 Å². The van der Waals surface area contributed by atoms with E-state index in [9.17, 15) is 14.7 Å². The topological polar surface area (TPSA) is 69.6 Å². The van der Waals surface area contributed by atoms with Crippen LogP contribution in [0.3, 0.4) is 0 Å². The summed E-state index contributed by atoms with van der Waals surface area (Å²) in [6, 6.07) is 6.18. The van der Waals surface area contributed by atoms with Crippen LogP contribution >= 0.6 is 11.8 Å². The molecule has 1 heterocycles. The Kier molecular flexibility index (Phi) is 5.50. The van der Waals surface area contributed by atoms with Gasteiger partial charge in [-0.3, -0.25) is 9.59 Å². The summed E-state index contributed by atoms with van der Waals surface area (Å²) >= 11 is 1.84. The lowest BCUT2D eigenvalue weighted by molar-refractivity contribution is -0.135. The number of benzene rings is 1. The van der Waals surface area contributed by atoms with Gasteiger partial charge in [-0.25, -0.2) is 0 Å². The maximum atomic E-state index is 12.2. The molecule has 2 rings (SSSR count). The number of nitrogens with zero attached hydrogens (tertiary/aromatic N) is 1. The Morgan fingerprint density at radius 1 is 1.33 bits per heavy atom. The van der Waals surface area contributed by atoms with E-state index in [1.54, 1.807) is 36.1 Å². The third-order valence-corrected chi connectivity index (χ3v) is 4.36. The summed E-state index contributed by atoms with van der Waals surface area (Å²) in [7, 11) is 0. The summed E-state index contributed by atoms with van der Waals surface area (Å²) in [5.41, 5.74) is 0.559. The first-order valence-corrected chi connectivity index (χ1v) is 8.16. The molecule has 1 fully saturated rings. The number of para-hydroxylation sites is 1. The molecule has 1 aliphatic heterocycles. The average molecular weight is 308 g/mol. The Hall–Kier alpha value is -1.69. The standard InChI is InChI=1S/C15H20N2O3S/c1-11(15(20)17-6-8-21-9-7-17)16-14(19)10-12-4-2-3-5-13(12)18/h2-5,11,18H,6-10H2,1H3,(H,16,19)/t11-/m1/s1. The highest BCUT2D eigenvalue weighted by atomic mass is 32.2. The molecule has 6 heteroatoms. The molecule has 0 radical (unpaired) electrons. The number of phenols is 1. The van der Waals surface area contributed by atoms with Crippen LogP contribution in [0.4, 0.5) is 0 Å². The summed E-state index contributed by atoms with van der Waals surface area (Å²) in [6.07, 6.45) is 0.0696. The van der Waals surface area contributed by atoms with Crippen LogP contribution in [0.15, 0.2) is 24.3 Å². The predicted octanol–water partition coefficient (Wildman–Crippen LogP) is 1.01. The smallest absolute Gasteiger partial charge is 0.244 e. The quantitative estimate of drug-likeness (QED) is 0.871. The fraction of sp³-hybridized carbons (Fsp3) is 0.467. The molecule has 0 unspecified atom stereocenters. The minimum Gasteiger partial charge on any atom is -0.508 e. The van der Waals surface area contributed by atoms with Gasteiger partial charge in [0.1, 0.15) is 11.8 Å². The van der Waals surface area contributed by atoms with E-state index >= 15 is 0 Å². The molecular formula is C15H20N2O3S. The van der Waals surface area contributed by atoms with E-state index in [4.69, 9.17) is 0 Å². The van der Waals surface area contributed by atoms with E-state index in [0.717, 1.165) is 24.6 Å². The van der Waals surface area contributed by atoms with Gasteiger partial charge < -0.3 is 15.3 Å². The summed E-state index contributed by atoms with van der Waals surface area (Å²) in [5.74, 6) is 1.69. The number of thioether (sulfide) groups is 1. The van der Waals surface area contributed by atoms with Gasteiger partial charge in [-0.1, -0.05) is 18.2 Å². The number of hydrogen-bond donors (Lipinski definition) is 2. The average Bonchev–Trinajstić information content (AvgIpc) is 2.49. The number of rotatable bonds is 4. The summed E-state index contributed by atoms with van der Waals surface area (Å²) < 4.78 is 0. The van der Waals surface area contributed by atoms with Crippen molar-refractivity contribution < 1.29 is 14.7 Å². The Labute approximate surface area is 128 Å². The van der Waals surface area contributed by atoms with Gasteiger partial charge in [-0.05, 0) is 13.0 Å². The molecule has 21 heavy (non-hydrogen) atoms. The molecule has 0 aromatic heterocycles. The second kappa shape index (κ2) is 7.36. The molecule has 1 atom stereocenters. The van der Waals surface area contributed by atoms with Crippen molar-refractivity contribution in [3.8, 4) is 5.75 Å². The molecule has 1 aromatic carbocycles. The number of carbonyl (C=O) groups excluding carboxylic acids is 2. The van der Waals surface area contributed by atoms with Crippen LogP contribution in [0.1, 0.15) is 12.5 Å². The van der Waals surface area contributed by atoms with Crippen LogP contribution in [-0.4, -0.2) is 52.5 Å². The van der Waals surface area contributed by atoms with Crippen molar-refractivity contribution in [1.82, 2.24) is 10.2 Å². The summed E-state index contributed by atoms with van der Waals surface area (Å²) in [4.78, 5) is 26.0. The molecular weight excluding hydrogens is 288 g/mol. The molecule has 0 bridgehead atoms. The second-order valence-electron chi connectivity index (χ2n) is 5.03. The summed E-state index contributed by atoms with van der Waals surface area (Å²) in [6.45, 7) is 3.18. The molecule has 0 aliphatic carbocycles. The maximum absolute atomic E-state index is 12.2. The maximum Gasteiger partial charge on any atom is 0.244 e. The second-order valence-corrected chi connectivity index (χ2v) is 6.26. The first kappa shape index (κ1) is 15.7. The fourth-order valence-electron chi connectivity index (χ4n) is 2.25.